The molecule has 6 nitrogen and oxygen atoms in total. The Kier molecular flexibility index (Phi) is 4.63. The molecule has 1 unspecified atom stereocenters. The second-order valence-corrected chi connectivity index (χ2v) is 5.49. The fourth-order valence-corrected chi connectivity index (χ4v) is 2.50. The smallest absolute Gasteiger partial charge is 0.338 e. The van der Waals surface area contributed by atoms with Crippen molar-refractivity contribution >= 4 is 5.97 Å². The molecule has 0 saturated carbocycles. The molecule has 0 radical (unpaired) electrons. The molecule has 2 N–H and O–H groups in total. The third-order valence-electron chi connectivity index (χ3n) is 3.54. The van der Waals surface area contributed by atoms with E-state index in [1.165, 1.54) is 7.11 Å². The van der Waals surface area contributed by atoms with Crippen LogP contribution in [0.5, 0.6) is 0 Å². The van der Waals surface area contributed by atoms with Crippen molar-refractivity contribution in [3.63, 3.8) is 0 Å². The maximum Gasteiger partial charge on any atom is 0.338 e. The molecule has 116 valence electrons. The molecule has 1 heterocycles. The van der Waals surface area contributed by atoms with E-state index in [-0.39, 0.29) is 0 Å². The normalized spacial score (nSPS) is 31.7. The number of methoxy groups -OCH3 is 1. The highest BCUT2D eigenvalue weighted by atomic mass is 16.7. The quantitative estimate of drug-likeness (QED) is 0.799. The van der Waals surface area contributed by atoms with Crippen LogP contribution in [0.2, 0.25) is 0 Å². The van der Waals surface area contributed by atoms with Gasteiger partial charge in [0.2, 0.25) is 0 Å². The van der Waals surface area contributed by atoms with Crippen LogP contribution in [0.1, 0.15) is 24.2 Å². The summed E-state index contributed by atoms with van der Waals surface area (Å²) in [5.74, 6) is -0.591. The fraction of sp³-hybridized carbons (Fsp3) is 0.533. The summed E-state index contributed by atoms with van der Waals surface area (Å²) in [6.07, 6.45) is -4.55. The van der Waals surface area contributed by atoms with Crippen LogP contribution in [0.3, 0.4) is 0 Å². The van der Waals surface area contributed by atoms with Crippen LogP contribution in [0.4, 0.5) is 0 Å². The number of hydrogen-bond acceptors (Lipinski definition) is 6. The van der Waals surface area contributed by atoms with Crippen molar-refractivity contribution in [2.24, 2.45) is 0 Å². The van der Waals surface area contributed by atoms with Gasteiger partial charge in [0.15, 0.2) is 12.4 Å². The summed E-state index contributed by atoms with van der Waals surface area (Å²) in [4.78, 5) is 12.1. The van der Waals surface area contributed by atoms with Crippen LogP contribution in [-0.4, -0.2) is 53.5 Å². The Labute approximate surface area is 123 Å². The summed E-state index contributed by atoms with van der Waals surface area (Å²) in [5, 5.41) is 19.8. The number of rotatable bonds is 3. The first-order valence-corrected chi connectivity index (χ1v) is 6.69. The lowest BCUT2D eigenvalue weighted by atomic mass is 9.89. The van der Waals surface area contributed by atoms with Gasteiger partial charge in [-0.2, -0.15) is 0 Å². The molecule has 2 rings (SSSR count). The predicted octanol–water partition coefficient (Wildman–Crippen LogP) is 0.715. The first-order chi connectivity index (χ1) is 9.86. The number of esters is 1. The summed E-state index contributed by atoms with van der Waals surface area (Å²) in [7, 11) is 1.43. The van der Waals surface area contributed by atoms with Crippen LogP contribution in [-0.2, 0) is 14.2 Å². The van der Waals surface area contributed by atoms with Gasteiger partial charge in [0.25, 0.3) is 0 Å². The SMILES string of the molecule is CO[C@@H]1[C@@H](OC(=O)c2ccccc2)[C@@H](O)C(O)OC1(C)C. The van der Waals surface area contributed by atoms with Crippen LogP contribution < -0.4 is 0 Å². The molecule has 4 atom stereocenters. The Morgan fingerprint density at radius 2 is 1.86 bits per heavy atom. The molecule has 21 heavy (non-hydrogen) atoms. The van der Waals surface area contributed by atoms with Gasteiger partial charge in [-0.3, -0.25) is 0 Å². The molecule has 1 aliphatic heterocycles. The maximum absolute atomic E-state index is 12.1. The van der Waals surface area contributed by atoms with Gasteiger partial charge >= 0.3 is 5.97 Å². The van der Waals surface area contributed by atoms with Crippen LogP contribution in [0.25, 0.3) is 0 Å². The first kappa shape index (κ1) is 15.9. The van der Waals surface area contributed by atoms with Crippen molar-refractivity contribution in [1.29, 1.82) is 0 Å². The summed E-state index contributed by atoms with van der Waals surface area (Å²) in [6, 6.07) is 8.42. The van der Waals surface area contributed by atoms with E-state index in [0.717, 1.165) is 0 Å². The molecular formula is C15H20O6. The summed E-state index contributed by atoms with van der Waals surface area (Å²) >= 11 is 0. The molecular weight excluding hydrogens is 276 g/mol. The topological polar surface area (TPSA) is 85.2 Å². The molecule has 0 aromatic heterocycles. The number of carbonyl (C=O) groups excluding carboxylic acids is 1. The standard InChI is InChI=1S/C15H20O6/c1-15(2)12(19-3)11(10(16)14(18)21-15)20-13(17)9-7-5-4-6-8-9/h4-8,10-12,14,16,18H,1-3H3/t10-,11+,12-,14?/m1/s1. The third-order valence-corrected chi connectivity index (χ3v) is 3.54. The molecule has 1 aliphatic rings. The zero-order chi connectivity index (χ0) is 15.6. The Hall–Kier alpha value is -1.47. The monoisotopic (exact) mass is 296 g/mol. The number of aliphatic hydroxyl groups excluding tert-OH is 2. The zero-order valence-electron chi connectivity index (χ0n) is 12.2. The van der Waals surface area contributed by atoms with E-state index in [4.69, 9.17) is 14.2 Å². The van der Waals surface area contributed by atoms with E-state index >= 15 is 0 Å². The Morgan fingerprint density at radius 3 is 2.43 bits per heavy atom. The van der Waals surface area contributed by atoms with Gasteiger partial charge in [-0.25, -0.2) is 4.79 Å². The average Bonchev–Trinajstić information content (AvgIpc) is 2.45. The lowest BCUT2D eigenvalue weighted by molar-refractivity contribution is -0.313. The van der Waals surface area contributed by atoms with Gasteiger partial charge in [0.1, 0.15) is 12.2 Å². The van der Waals surface area contributed by atoms with Gasteiger partial charge in [-0.05, 0) is 26.0 Å². The van der Waals surface area contributed by atoms with Crippen LogP contribution in [0, 0.1) is 0 Å². The highest BCUT2D eigenvalue weighted by Crippen LogP contribution is 2.32. The highest BCUT2D eigenvalue weighted by Gasteiger charge is 2.51. The minimum absolute atomic E-state index is 0.360. The second-order valence-electron chi connectivity index (χ2n) is 5.49. The van der Waals surface area contributed by atoms with E-state index in [1.54, 1.807) is 44.2 Å². The van der Waals surface area contributed by atoms with Crippen molar-refractivity contribution in [2.75, 3.05) is 7.11 Å². The number of hydrogen-bond donors (Lipinski definition) is 2. The lowest BCUT2D eigenvalue weighted by Crippen LogP contribution is -2.63. The minimum Gasteiger partial charge on any atom is -0.453 e. The average molecular weight is 296 g/mol. The second kappa shape index (κ2) is 6.11. The van der Waals surface area contributed by atoms with E-state index in [1.807, 2.05) is 0 Å². The Morgan fingerprint density at radius 1 is 1.24 bits per heavy atom. The molecule has 6 heteroatoms. The van der Waals surface area contributed by atoms with Crippen LogP contribution in [0.15, 0.2) is 30.3 Å². The van der Waals surface area contributed by atoms with Crippen molar-refractivity contribution < 1.29 is 29.2 Å². The Bertz CT molecular complexity index is 486. The molecule has 0 bridgehead atoms. The Balaban J connectivity index is 2.20. The van der Waals surface area contributed by atoms with Crippen molar-refractivity contribution in [3.05, 3.63) is 35.9 Å². The number of ether oxygens (including phenoxy) is 3. The van der Waals surface area contributed by atoms with Crippen LogP contribution >= 0.6 is 0 Å². The van der Waals surface area contributed by atoms with E-state index in [0.29, 0.717) is 5.56 Å². The van der Waals surface area contributed by atoms with E-state index < -0.39 is 36.2 Å². The molecule has 1 fully saturated rings. The van der Waals surface area contributed by atoms with Crippen molar-refractivity contribution in [3.8, 4) is 0 Å². The summed E-state index contributed by atoms with van der Waals surface area (Å²) in [5.41, 5.74) is -0.548. The zero-order valence-corrected chi connectivity index (χ0v) is 12.2. The molecule has 1 saturated heterocycles. The van der Waals surface area contributed by atoms with Gasteiger partial charge in [-0.1, -0.05) is 18.2 Å². The van der Waals surface area contributed by atoms with E-state index in [2.05, 4.69) is 0 Å². The lowest BCUT2D eigenvalue weighted by Gasteiger charge is -2.46. The maximum atomic E-state index is 12.1. The predicted molar refractivity (Wildman–Crippen MR) is 73.6 cm³/mol. The number of benzene rings is 1. The summed E-state index contributed by atoms with van der Waals surface area (Å²) < 4.78 is 15.9. The largest absolute Gasteiger partial charge is 0.453 e. The molecule has 0 aliphatic carbocycles. The van der Waals surface area contributed by atoms with Gasteiger partial charge < -0.3 is 24.4 Å². The van der Waals surface area contributed by atoms with Gasteiger partial charge in [0.05, 0.1) is 11.2 Å². The highest BCUT2D eigenvalue weighted by molar-refractivity contribution is 5.89. The van der Waals surface area contributed by atoms with Crippen molar-refractivity contribution in [1.82, 2.24) is 0 Å². The summed E-state index contributed by atoms with van der Waals surface area (Å²) in [6.45, 7) is 3.39. The minimum atomic E-state index is -1.44. The number of aliphatic hydroxyl groups is 2. The first-order valence-electron chi connectivity index (χ1n) is 6.69. The van der Waals surface area contributed by atoms with Gasteiger partial charge in [-0.15, -0.1) is 0 Å². The third kappa shape index (κ3) is 3.24. The molecule has 0 amide bonds. The molecule has 1 aromatic carbocycles. The van der Waals surface area contributed by atoms with Gasteiger partial charge in [0, 0.05) is 7.11 Å². The van der Waals surface area contributed by atoms with Crippen molar-refractivity contribution in [2.45, 2.75) is 44.1 Å². The number of carbonyl (C=O) groups is 1. The fourth-order valence-electron chi connectivity index (χ4n) is 2.50. The molecule has 0 spiro atoms. The molecule has 1 aromatic rings. The van der Waals surface area contributed by atoms with E-state index in [9.17, 15) is 15.0 Å².